The molecule has 4 heterocycles. The number of ether oxygens (including phenoxy) is 4. The lowest BCUT2D eigenvalue weighted by Crippen LogP contribution is -2.39. The highest BCUT2D eigenvalue weighted by Crippen LogP contribution is 2.45. The first-order valence-corrected chi connectivity index (χ1v) is 12.9. The SMILES string of the molecule is CO[C@@H]1[C@@H](O)[C@@H](COP(=O)(O)OC[C@H]2O[C@@H](n3ccc(=O)[nH]c3=O)[C@H](OC)[C@H]2O)O[C@H]1n1ccc(=O)[nH]c1=O. The maximum atomic E-state index is 12.5. The Morgan fingerprint density at radius 3 is 1.54 bits per heavy atom. The first-order chi connectivity index (χ1) is 18.5. The molecule has 0 aliphatic carbocycles. The average Bonchev–Trinajstić information content (AvgIpc) is 3.36. The van der Waals surface area contributed by atoms with Gasteiger partial charge in [0.05, 0.1) is 13.2 Å². The van der Waals surface area contributed by atoms with Gasteiger partial charge >= 0.3 is 19.2 Å². The maximum absolute atomic E-state index is 12.5. The van der Waals surface area contributed by atoms with E-state index in [0.717, 1.165) is 33.7 Å². The zero-order valence-corrected chi connectivity index (χ0v) is 21.4. The van der Waals surface area contributed by atoms with Gasteiger partial charge in [0.15, 0.2) is 12.5 Å². The molecule has 0 spiro atoms. The summed E-state index contributed by atoms with van der Waals surface area (Å²) < 4.78 is 46.0. The number of aliphatic hydroxyl groups excluding tert-OH is 2. The Morgan fingerprint density at radius 2 is 1.21 bits per heavy atom. The quantitative estimate of drug-likeness (QED) is 0.174. The Kier molecular flexibility index (Phi) is 8.82. The smallest absolute Gasteiger partial charge is 0.387 e. The van der Waals surface area contributed by atoms with Crippen molar-refractivity contribution in [3.63, 3.8) is 0 Å². The van der Waals surface area contributed by atoms with E-state index in [0.29, 0.717) is 0 Å². The number of phosphoric acid groups is 1. The molecular formula is C20H27N4O14P. The summed E-state index contributed by atoms with van der Waals surface area (Å²) in [4.78, 5) is 61.2. The Morgan fingerprint density at radius 1 is 0.821 bits per heavy atom. The lowest BCUT2D eigenvalue weighted by atomic mass is 10.1. The van der Waals surface area contributed by atoms with E-state index in [1.807, 2.05) is 9.97 Å². The highest BCUT2D eigenvalue weighted by atomic mass is 31.2. The second-order valence-electron chi connectivity index (χ2n) is 8.61. The number of aromatic amines is 2. The third-order valence-electron chi connectivity index (χ3n) is 6.22. The van der Waals surface area contributed by atoms with Crippen molar-refractivity contribution in [3.05, 3.63) is 66.2 Å². The fourth-order valence-electron chi connectivity index (χ4n) is 4.30. The highest BCUT2D eigenvalue weighted by Gasteiger charge is 2.48. The van der Waals surface area contributed by atoms with Crippen LogP contribution in [0.5, 0.6) is 0 Å². The zero-order valence-electron chi connectivity index (χ0n) is 20.5. The molecule has 2 aromatic rings. The number of aromatic nitrogens is 4. The van der Waals surface area contributed by atoms with Crippen LogP contribution in [0.25, 0.3) is 0 Å². The van der Waals surface area contributed by atoms with E-state index in [9.17, 15) is 38.8 Å². The van der Waals surface area contributed by atoms with Crippen molar-refractivity contribution in [2.24, 2.45) is 0 Å². The summed E-state index contributed by atoms with van der Waals surface area (Å²) in [6.45, 7) is -1.35. The summed E-state index contributed by atoms with van der Waals surface area (Å²) in [6.07, 6.45) is -7.59. The number of H-pyrrole nitrogens is 2. The van der Waals surface area contributed by atoms with E-state index in [4.69, 9.17) is 28.0 Å². The number of methoxy groups -OCH3 is 2. The first kappa shape index (κ1) is 29.2. The van der Waals surface area contributed by atoms with Gasteiger partial charge in [-0.2, -0.15) is 0 Å². The summed E-state index contributed by atoms with van der Waals surface area (Å²) in [6, 6.07) is 2.13. The summed E-state index contributed by atoms with van der Waals surface area (Å²) in [7, 11) is -2.32. The molecule has 8 atom stereocenters. The topological polar surface area (TPSA) is 243 Å². The van der Waals surface area contributed by atoms with E-state index < -0.39 is 92.6 Å². The molecule has 18 nitrogen and oxygen atoms in total. The number of nitrogens with zero attached hydrogens (tertiary/aromatic N) is 2. The van der Waals surface area contributed by atoms with Gasteiger partial charge in [0.1, 0.15) is 36.6 Å². The molecule has 216 valence electrons. The molecule has 2 aromatic heterocycles. The van der Waals surface area contributed by atoms with Crippen LogP contribution in [0.2, 0.25) is 0 Å². The van der Waals surface area contributed by atoms with Gasteiger partial charge in [0.25, 0.3) is 11.1 Å². The molecule has 4 rings (SSSR count). The van der Waals surface area contributed by atoms with Crippen molar-refractivity contribution in [1.82, 2.24) is 19.1 Å². The zero-order chi connectivity index (χ0) is 28.5. The average molecular weight is 578 g/mol. The molecule has 2 aliphatic rings. The van der Waals surface area contributed by atoms with Crippen LogP contribution >= 0.6 is 7.82 Å². The van der Waals surface area contributed by atoms with Crippen molar-refractivity contribution in [2.45, 2.75) is 49.1 Å². The molecule has 0 unspecified atom stereocenters. The van der Waals surface area contributed by atoms with Crippen molar-refractivity contribution >= 4 is 7.82 Å². The second kappa shape index (κ2) is 11.8. The fraction of sp³-hybridized carbons (Fsp3) is 0.600. The van der Waals surface area contributed by atoms with Crippen LogP contribution in [0.4, 0.5) is 0 Å². The Balaban J connectivity index is 1.38. The van der Waals surface area contributed by atoms with Crippen LogP contribution in [0.15, 0.2) is 43.7 Å². The van der Waals surface area contributed by atoms with Gasteiger partial charge in [-0.25, -0.2) is 14.2 Å². The maximum Gasteiger partial charge on any atom is 0.472 e. The lowest BCUT2D eigenvalue weighted by Gasteiger charge is -2.20. The van der Waals surface area contributed by atoms with E-state index in [2.05, 4.69) is 0 Å². The summed E-state index contributed by atoms with van der Waals surface area (Å²) in [5, 5.41) is 21.1. The van der Waals surface area contributed by atoms with Crippen LogP contribution in [-0.2, 0) is 32.6 Å². The molecule has 19 heteroatoms. The van der Waals surface area contributed by atoms with E-state index >= 15 is 0 Å². The number of hydrogen-bond donors (Lipinski definition) is 5. The fourth-order valence-corrected chi connectivity index (χ4v) is 5.04. The minimum atomic E-state index is -4.82. The van der Waals surface area contributed by atoms with E-state index in [1.165, 1.54) is 14.2 Å². The molecular weight excluding hydrogens is 551 g/mol. The molecule has 39 heavy (non-hydrogen) atoms. The normalized spacial score (nSPS) is 31.1. The predicted molar refractivity (Wildman–Crippen MR) is 126 cm³/mol. The highest BCUT2D eigenvalue weighted by molar-refractivity contribution is 7.47. The van der Waals surface area contributed by atoms with Gasteiger partial charge in [-0.3, -0.25) is 37.7 Å². The van der Waals surface area contributed by atoms with Crippen LogP contribution in [0.1, 0.15) is 12.5 Å². The van der Waals surface area contributed by atoms with Gasteiger partial charge in [-0.05, 0) is 0 Å². The number of nitrogens with one attached hydrogen (secondary N) is 2. The summed E-state index contributed by atoms with van der Waals surface area (Å²) in [5.41, 5.74) is -2.95. The van der Waals surface area contributed by atoms with Gasteiger partial charge in [0.2, 0.25) is 0 Å². The van der Waals surface area contributed by atoms with Crippen molar-refractivity contribution in [3.8, 4) is 0 Å². The monoisotopic (exact) mass is 578 g/mol. The molecule has 5 N–H and O–H groups in total. The summed E-state index contributed by atoms with van der Waals surface area (Å²) in [5.74, 6) is 0. The van der Waals surface area contributed by atoms with Gasteiger partial charge in [0, 0.05) is 38.7 Å². The molecule has 2 aliphatic heterocycles. The molecule has 0 radical (unpaired) electrons. The molecule has 0 bridgehead atoms. The van der Waals surface area contributed by atoms with Crippen molar-refractivity contribution in [1.29, 1.82) is 0 Å². The standard InChI is InChI=1S/C20H27N4O14P/c1-33-15-13(27)9(37-17(15)23-5-3-11(25)21-19(23)29)7-35-39(31,32)36-8-10-14(28)16(34-2)18(38-10)24-6-4-12(26)22-20(24)30/h3-6,9-10,13-18,27-28H,7-8H2,1-2H3,(H,31,32)(H,21,25,29)(H,22,26,30)/t9-,10-,13+,14+,15-,16-,17-,18-/m1/s1. The van der Waals surface area contributed by atoms with Crippen molar-refractivity contribution in [2.75, 3.05) is 27.4 Å². The van der Waals surface area contributed by atoms with E-state index in [-0.39, 0.29) is 0 Å². The first-order valence-electron chi connectivity index (χ1n) is 11.4. The molecule has 0 saturated carbocycles. The Hall–Kier alpha value is -2.77. The molecule has 2 saturated heterocycles. The minimum absolute atomic E-state index is 0.646. The van der Waals surface area contributed by atoms with Crippen LogP contribution in [-0.4, -0.2) is 98.3 Å². The number of phosphoric ester groups is 1. The van der Waals surface area contributed by atoms with Gasteiger partial charge in [-0.1, -0.05) is 0 Å². The largest absolute Gasteiger partial charge is 0.472 e. The summed E-state index contributed by atoms with van der Waals surface area (Å²) >= 11 is 0. The van der Waals surface area contributed by atoms with Crippen molar-refractivity contribution < 1.29 is 47.7 Å². The number of rotatable bonds is 10. The Labute approximate surface area is 217 Å². The van der Waals surface area contributed by atoms with Gasteiger partial charge in [-0.15, -0.1) is 0 Å². The van der Waals surface area contributed by atoms with Gasteiger partial charge < -0.3 is 34.1 Å². The van der Waals surface area contributed by atoms with Crippen LogP contribution in [0, 0.1) is 0 Å². The van der Waals surface area contributed by atoms with Crippen LogP contribution in [0.3, 0.4) is 0 Å². The third-order valence-corrected chi connectivity index (χ3v) is 7.18. The van der Waals surface area contributed by atoms with Crippen LogP contribution < -0.4 is 22.5 Å². The minimum Gasteiger partial charge on any atom is -0.387 e. The third kappa shape index (κ3) is 6.20. The molecule has 2 fully saturated rings. The predicted octanol–water partition coefficient (Wildman–Crippen LogP) is -3.23. The van der Waals surface area contributed by atoms with E-state index in [1.54, 1.807) is 0 Å². The number of aliphatic hydroxyl groups is 2. The molecule has 0 amide bonds. The Bertz CT molecular complexity index is 1330. The lowest BCUT2D eigenvalue weighted by molar-refractivity contribution is -0.0689. The second-order valence-corrected chi connectivity index (χ2v) is 10.1. The number of hydrogen-bond acceptors (Lipinski definition) is 13. The molecule has 0 aromatic carbocycles.